The second-order valence-electron chi connectivity index (χ2n) is 5.34. The Labute approximate surface area is 124 Å². The Morgan fingerprint density at radius 2 is 2.29 bits per heavy atom. The third kappa shape index (κ3) is 2.10. The average molecular weight is 285 g/mol. The SMILES string of the molecule is CCCN1CC(C)=C(C#N)C2=C1N1CN(OC)C=C1C=N2. The smallest absolute Gasteiger partial charge is 0.138 e. The molecule has 0 aromatic carbocycles. The Morgan fingerprint density at radius 3 is 2.95 bits per heavy atom. The first-order chi connectivity index (χ1) is 10.2. The molecule has 0 aliphatic carbocycles. The molecule has 0 saturated carbocycles. The summed E-state index contributed by atoms with van der Waals surface area (Å²) >= 11 is 0. The molecule has 0 radical (unpaired) electrons. The highest BCUT2D eigenvalue weighted by Gasteiger charge is 2.35. The number of nitriles is 1. The van der Waals surface area contributed by atoms with Gasteiger partial charge in [0.25, 0.3) is 0 Å². The van der Waals surface area contributed by atoms with E-state index in [1.807, 2.05) is 13.1 Å². The fourth-order valence-corrected chi connectivity index (χ4v) is 2.94. The van der Waals surface area contributed by atoms with Gasteiger partial charge in [0, 0.05) is 13.1 Å². The summed E-state index contributed by atoms with van der Waals surface area (Å²) in [5.41, 5.74) is 3.55. The second kappa shape index (κ2) is 5.26. The first kappa shape index (κ1) is 13.7. The third-order valence-electron chi connectivity index (χ3n) is 3.89. The zero-order valence-corrected chi connectivity index (χ0v) is 12.6. The normalized spacial score (nSPS) is 20.7. The Bertz CT molecular complexity index is 622. The van der Waals surface area contributed by atoms with Crippen molar-refractivity contribution in [3.63, 3.8) is 0 Å². The molecule has 0 bridgehead atoms. The topological polar surface area (TPSA) is 55.1 Å². The lowest BCUT2D eigenvalue weighted by Crippen LogP contribution is -2.42. The van der Waals surface area contributed by atoms with Crippen LogP contribution in [0, 0.1) is 11.3 Å². The lowest BCUT2D eigenvalue weighted by Gasteiger charge is -2.39. The van der Waals surface area contributed by atoms with E-state index in [2.05, 4.69) is 27.8 Å². The van der Waals surface area contributed by atoms with E-state index in [1.165, 1.54) is 0 Å². The van der Waals surface area contributed by atoms with Gasteiger partial charge in [-0.2, -0.15) is 5.26 Å². The van der Waals surface area contributed by atoms with Crippen LogP contribution in [0.15, 0.2) is 39.6 Å². The van der Waals surface area contributed by atoms with E-state index in [-0.39, 0.29) is 0 Å². The van der Waals surface area contributed by atoms with Crippen molar-refractivity contribution in [3.05, 3.63) is 34.6 Å². The number of hydroxylamine groups is 2. The summed E-state index contributed by atoms with van der Waals surface area (Å²) in [6.07, 6.45) is 4.78. The Balaban J connectivity index is 2.07. The van der Waals surface area contributed by atoms with Crippen LogP contribution < -0.4 is 0 Å². The van der Waals surface area contributed by atoms with Gasteiger partial charge in [-0.1, -0.05) is 6.92 Å². The van der Waals surface area contributed by atoms with Crippen molar-refractivity contribution in [3.8, 4) is 6.07 Å². The molecule has 6 heteroatoms. The molecule has 0 amide bonds. The number of nitrogens with zero attached hydrogens (tertiary/aromatic N) is 5. The van der Waals surface area contributed by atoms with E-state index in [4.69, 9.17) is 4.84 Å². The lowest BCUT2D eigenvalue weighted by molar-refractivity contribution is -0.0971. The molecule has 0 atom stereocenters. The molecule has 3 rings (SSSR count). The minimum absolute atomic E-state index is 0.620. The molecular formula is C15H19N5O. The van der Waals surface area contributed by atoms with Gasteiger partial charge in [0.05, 0.1) is 30.8 Å². The predicted molar refractivity (Wildman–Crippen MR) is 79.3 cm³/mol. The van der Waals surface area contributed by atoms with Crippen molar-refractivity contribution in [2.24, 2.45) is 4.99 Å². The molecular weight excluding hydrogens is 266 g/mol. The molecule has 0 fully saturated rings. The standard InChI is InChI=1S/C15H19N5O/c1-4-5-18-8-11(2)13(6-16)14-15(18)20-10-19(21-3)9-12(20)7-17-14/h7,9H,4-5,8,10H2,1-3H3. The summed E-state index contributed by atoms with van der Waals surface area (Å²) < 4.78 is 0. The van der Waals surface area contributed by atoms with Crippen molar-refractivity contribution >= 4 is 6.21 Å². The number of aliphatic imine (C=N–C) groups is 1. The average Bonchev–Trinajstić information content (AvgIpc) is 2.90. The van der Waals surface area contributed by atoms with E-state index >= 15 is 0 Å². The van der Waals surface area contributed by atoms with Crippen molar-refractivity contribution in [2.45, 2.75) is 20.3 Å². The van der Waals surface area contributed by atoms with Gasteiger partial charge in [-0.25, -0.2) is 10.1 Å². The minimum atomic E-state index is 0.620. The minimum Gasteiger partial charge on any atom is -0.352 e. The number of rotatable bonds is 3. The summed E-state index contributed by atoms with van der Waals surface area (Å²) in [5, 5.41) is 11.2. The van der Waals surface area contributed by atoms with Crippen LogP contribution in [0.3, 0.4) is 0 Å². The highest BCUT2D eigenvalue weighted by molar-refractivity contribution is 5.82. The van der Waals surface area contributed by atoms with Gasteiger partial charge in [0.15, 0.2) is 0 Å². The van der Waals surface area contributed by atoms with Crippen LogP contribution in [0.4, 0.5) is 0 Å². The summed E-state index contributed by atoms with van der Waals surface area (Å²) in [7, 11) is 1.65. The fourth-order valence-electron chi connectivity index (χ4n) is 2.94. The third-order valence-corrected chi connectivity index (χ3v) is 3.89. The van der Waals surface area contributed by atoms with Crippen LogP contribution in [-0.4, -0.2) is 47.9 Å². The highest BCUT2D eigenvalue weighted by atomic mass is 16.7. The summed E-state index contributed by atoms with van der Waals surface area (Å²) in [5.74, 6) is 1.02. The molecule has 3 aliphatic rings. The number of hydrogen-bond acceptors (Lipinski definition) is 6. The molecule has 0 N–H and O–H groups in total. The molecule has 0 spiro atoms. The Kier molecular flexibility index (Phi) is 3.43. The number of allylic oxidation sites excluding steroid dienone is 2. The molecule has 3 heterocycles. The van der Waals surface area contributed by atoms with Gasteiger partial charge in [-0.05, 0) is 18.9 Å². The number of fused-ring (bicyclic) bond motifs is 2. The summed E-state index contributed by atoms with van der Waals surface area (Å²) in [6, 6.07) is 2.31. The second-order valence-corrected chi connectivity index (χ2v) is 5.34. The predicted octanol–water partition coefficient (Wildman–Crippen LogP) is 1.78. The maximum atomic E-state index is 9.45. The van der Waals surface area contributed by atoms with Crippen molar-refractivity contribution < 1.29 is 4.84 Å². The van der Waals surface area contributed by atoms with Crippen molar-refractivity contribution in [2.75, 3.05) is 26.9 Å². The molecule has 6 nitrogen and oxygen atoms in total. The molecule has 110 valence electrons. The Hall–Kier alpha value is -2.26. The van der Waals surface area contributed by atoms with E-state index in [9.17, 15) is 5.26 Å². The van der Waals surface area contributed by atoms with Crippen molar-refractivity contribution in [1.29, 1.82) is 5.26 Å². The molecule has 0 aromatic rings. The molecule has 21 heavy (non-hydrogen) atoms. The van der Waals surface area contributed by atoms with Crippen LogP contribution >= 0.6 is 0 Å². The van der Waals surface area contributed by atoms with Crippen LogP contribution in [0.25, 0.3) is 0 Å². The highest BCUT2D eigenvalue weighted by Crippen LogP contribution is 2.36. The Morgan fingerprint density at radius 1 is 1.48 bits per heavy atom. The van der Waals surface area contributed by atoms with Gasteiger partial charge in [0.1, 0.15) is 24.3 Å². The maximum Gasteiger partial charge on any atom is 0.138 e. The van der Waals surface area contributed by atoms with Gasteiger partial charge < -0.3 is 9.80 Å². The molecule has 0 aromatic heterocycles. The van der Waals surface area contributed by atoms with Crippen LogP contribution in [0.1, 0.15) is 20.3 Å². The largest absolute Gasteiger partial charge is 0.352 e. The van der Waals surface area contributed by atoms with Gasteiger partial charge in [-0.3, -0.25) is 4.84 Å². The van der Waals surface area contributed by atoms with Gasteiger partial charge >= 0.3 is 0 Å². The van der Waals surface area contributed by atoms with Crippen LogP contribution in [0.2, 0.25) is 0 Å². The quantitative estimate of drug-likeness (QED) is 0.791. The van der Waals surface area contributed by atoms with E-state index in [0.29, 0.717) is 12.2 Å². The van der Waals surface area contributed by atoms with E-state index in [1.54, 1.807) is 18.4 Å². The fraction of sp³-hybridized carbons (Fsp3) is 0.467. The monoisotopic (exact) mass is 285 g/mol. The first-order valence-electron chi connectivity index (χ1n) is 7.13. The lowest BCUT2D eigenvalue weighted by atomic mass is 10.0. The first-order valence-corrected chi connectivity index (χ1v) is 7.13. The summed E-state index contributed by atoms with van der Waals surface area (Å²) in [6.45, 7) is 6.52. The number of hydrogen-bond donors (Lipinski definition) is 0. The van der Waals surface area contributed by atoms with E-state index in [0.717, 1.165) is 42.3 Å². The van der Waals surface area contributed by atoms with Crippen LogP contribution in [0.5, 0.6) is 0 Å². The maximum absolute atomic E-state index is 9.45. The zero-order chi connectivity index (χ0) is 15.0. The van der Waals surface area contributed by atoms with Gasteiger partial charge in [0.2, 0.25) is 0 Å². The molecule has 0 unspecified atom stereocenters. The van der Waals surface area contributed by atoms with Crippen molar-refractivity contribution in [1.82, 2.24) is 14.9 Å². The van der Waals surface area contributed by atoms with Gasteiger partial charge in [-0.15, -0.1) is 0 Å². The van der Waals surface area contributed by atoms with E-state index < -0.39 is 0 Å². The zero-order valence-electron chi connectivity index (χ0n) is 12.6. The van der Waals surface area contributed by atoms with Crippen LogP contribution in [-0.2, 0) is 4.84 Å². The summed E-state index contributed by atoms with van der Waals surface area (Å²) in [4.78, 5) is 14.3. The molecule has 3 aliphatic heterocycles. The molecule has 0 saturated heterocycles.